The predicted molar refractivity (Wildman–Crippen MR) is 143 cm³/mol. The summed E-state index contributed by atoms with van der Waals surface area (Å²) in [5.41, 5.74) is 6.80. The van der Waals surface area contributed by atoms with Crippen LogP contribution in [0.5, 0.6) is 0 Å². The monoisotopic (exact) mass is 498 g/mol. The predicted octanol–water partition coefficient (Wildman–Crippen LogP) is 3.41. The van der Waals surface area contributed by atoms with E-state index in [0.717, 1.165) is 93.1 Å². The lowest BCUT2D eigenvalue weighted by Crippen LogP contribution is -2.35. The van der Waals surface area contributed by atoms with Crippen molar-refractivity contribution in [1.29, 1.82) is 0 Å². The first-order valence-corrected chi connectivity index (χ1v) is 13.2. The summed E-state index contributed by atoms with van der Waals surface area (Å²) in [6.45, 7) is 12.7. The third kappa shape index (κ3) is 5.06. The normalized spacial score (nSPS) is 18.7. The highest BCUT2D eigenvalue weighted by Gasteiger charge is 2.26. The molecule has 2 aliphatic rings. The number of benzene rings is 1. The number of morpholine rings is 1. The van der Waals surface area contributed by atoms with Crippen LogP contribution in [-0.2, 0) is 17.7 Å². The van der Waals surface area contributed by atoms with E-state index < -0.39 is 0 Å². The first kappa shape index (κ1) is 23.9. The van der Waals surface area contributed by atoms with Crippen LogP contribution in [0, 0.1) is 26.7 Å². The van der Waals surface area contributed by atoms with Crippen molar-refractivity contribution < 1.29 is 4.74 Å². The fraction of sp³-hybridized carbons (Fsp3) is 0.464. The number of aromatic nitrogens is 6. The van der Waals surface area contributed by atoms with Crippen LogP contribution in [0.1, 0.15) is 34.8 Å². The lowest BCUT2D eigenvalue weighted by molar-refractivity contribution is 0.0342. The Hall–Kier alpha value is -3.43. The smallest absolute Gasteiger partial charge is 0.252 e. The quantitative estimate of drug-likeness (QED) is 0.400. The highest BCUT2D eigenvalue weighted by molar-refractivity contribution is 5.59. The van der Waals surface area contributed by atoms with E-state index in [9.17, 15) is 0 Å². The molecule has 0 bridgehead atoms. The molecule has 0 aliphatic carbocycles. The molecule has 0 amide bonds. The standard InChI is InChI=1S/C28H34N8O/c1-19-25(20(2)36-28(31-19)32-21(3)33-36)14-23-8-9-35(18-23)27-16-29-26(15-30-27)24-6-4-22(5-7-24)17-34-10-12-37-13-11-34/h4-7,15-16,23H,8-14,17-18H2,1-3H3. The zero-order valence-corrected chi connectivity index (χ0v) is 21.9. The Bertz CT molecular complexity index is 1380. The van der Waals surface area contributed by atoms with Gasteiger partial charge in [0.1, 0.15) is 11.6 Å². The van der Waals surface area contributed by atoms with Crippen molar-refractivity contribution in [3.05, 3.63) is 65.0 Å². The van der Waals surface area contributed by atoms with Crippen LogP contribution in [0.3, 0.4) is 0 Å². The van der Waals surface area contributed by atoms with Crippen LogP contribution < -0.4 is 4.90 Å². The van der Waals surface area contributed by atoms with Gasteiger partial charge in [0, 0.05) is 49.7 Å². The fourth-order valence-corrected chi connectivity index (χ4v) is 5.53. The van der Waals surface area contributed by atoms with Crippen molar-refractivity contribution in [2.45, 2.75) is 40.2 Å². The molecule has 9 heteroatoms. The van der Waals surface area contributed by atoms with E-state index in [1.807, 2.05) is 23.8 Å². The lowest BCUT2D eigenvalue weighted by atomic mass is 9.96. The van der Waals surface area contributed by atoms with E-state index in [-0.39, 0.29) is 0 Å². The van der Waals surface area contributed by atoms with Crippen molar-refractivity contribution >= 4 is 11.6 Å². The van der Waals surface area contributed by atoms with E-state index in [1.54, 1.807) is 0 Å². The van der Waals surface area contributed by atoms with Crippen LogP contribution in [0.25, 0.3) is 17.0 Å². The Morgan fingerprint density at radius 3 is 2.51 bits per heavy atom. The van der Waals surface area contributed by atoms with Gasteiger partial charge in [-0.25, -0.2) is 14.5 Å². The molecule has 0 spiro atoms. The Kier molecular flexibility index (Phi) is 6.56. The SMILES string of the molecule is Cc1nc2nc(C)c(CC3CCN(c4cnc(-c5ccc(CN6CCOCC6)cc5)cn4)C3)c(C)n2n1. The third-order valence-electron chi connectivity index (χ3n) is 7.66. The van der Waals surface area contributed by atoms with Crippen LogP contribution >= 0.6 is 0 Å². The van der Waals surface area contributed by atoms with Crippen molar-refractivity contribution in [3.63, 3.8) is 0 Å². The Balaban J connectivity index is 1.09. The molecule has 2 fully saturated rings. The highest BCUT2D eigenvalue weighted by Crippen LogP contribution is 2.28. The maximum atomic E-state index is 5.45. The number of anilines is 1. The maximum absolute atomic E-state index is 5.45. The number of aryl methyl sites for hydroxylation is 3. The number of ether oxygens (including phenoxy) is 1. The molecule has 9 nitrogen and oxygen atoms in total. The number of hydrogen-bond acceptors (Lipinski definition) is 8. The minimum Gasteiger partial charge on any atom is -0.379 e. The van der Waals surface area contributed by atoms with E-state index in [4.69, 9.17) is 19.7 Å². The summed E-state index contributed by atoms with van der Waals surface area (Å²) in [6, 6.07) is 8.69. The van der Waals surface area contributed by atoms with Gasteiger partial charge in [0.25, 0.3) is 5.78 Å². The molecule has 3 aromatic heterocycles. The largest absolute Gasteiger partial charge is 0.379 e. The number of hydrogen-bond donors (Lipinski definition) is 0. The Morgan fingerprint density at radius 1 is 0.946 bits per heavy atom. The van der Waals surface area contributed by atoms with E-state index in [0.29, 0.717) is 11.7 Å². The van der Waals surface area contributed by atoms with E-state index in [2.05, 4.69) is 58.0 Å². The molecule has 0 radical (unpaired) electrons. The van der Waals surface area contributed by atoms with Crippen molar-refractivity contribution in [2.75, 3.05) is 44.3 Å². The summed E-state index contributed by atoms with van der Waals surface area (Å²) < 4.78 is 7.33. The minimum atomic E-state index is 0.543. The average Bonchev–Trinajstić information content (AvgIpc) is 3.54. The third-order valence-corrected chi connectivity index (χ3v) is 7.66. The molecule has 6 rings (SSSR count). The van der Waals surface area contributed by atoms with Gasteiger partial charge in [-0.2, -0.15) is 10.1 Å². The molecule has 192 valence electrons. The first-order valence-electron chi connectivity index (χ1n) is 13.2. The average molecular weight is 499 g/mol. The van der Waals surface area contributed by atoms with Gasteiger partial charge in [0.05, 0.1) is 31.3 Å². The van der Waals surface area contributed by atoms with Crippen LogP contribution in [0.2, 0.25) is 0 Å². The summed E-state index contributed by atoms with van der Waals surface area (Å²) in [5.74, 6) is 2.93. The number of nitrogens with zero attached hydrogens (tertiary/aromatic N) is 8. The van der Waals surface area contributed by atoms with Crippen LogP contribution in [0.4, 0.5) is 5.82 Å². The second-order valence-corrected chi connectivity index (χ2v) is 10.3. The Morgan fingerprint density at radius 2 is 1.76 bits per heavy atom. The van der Waals surface area contributed by atoms with Gasteiger partial charge in [-0.05, 0) is 50.7 Å². The second-order valence-electron chi connectivity index (χ2n) is 10.3. The number of rotatable bonds is 6. The van der Waals surface area contributed by atoms with Crippen molar-refractivity contribution in [3.8, 4) is 11.3 Å². The van der Waals surface area contributed by atoms with Gasteiger partial charge in [0.2, 0.25) is 0 Å². The zero-order valence-electron chi connectivity index (χ0n) is 21.9. The summed E-state index contributed by atoms with van der Waals surface area (Å²) >= 11 is 0. The van der Waals surface area contributed by atoms with E-state index >= 15 is 0 Å². The molecular formula is C28H34N8O. The molecule has 37 heavy (non-hydrogen) atoms. The highest BCUT2D eigenvalue weighted by atomic mass is 16.5. The molecule has 1 aromatic carbocycles. The second kappa shape index (κ2) is 10.1. The first-order chi connectivity index (χ1) is 18.0. The summed E-state index contributed by atoms with van der Waals surface area (Å²) in [7, 11) is 0. The molecular weight excluding hydrogens is 464 g/mol. The van der Waals surface area contributed by atoms with Gasteiger partial charge in [-0.3, -0.25) is 9.88 Å². The van der Waals surface area contributed by atoms with Gasteiger partial charge in [0.15, 0.2) is 0 Å². The molecule has 0 saturated carbocycles. The van der Waals surface area contributed by atoms with Gasteiger partial charge in [-0.1, -0.05) is 24.3 Å². The Labute approximate surface area is 217 Å². The van der Waals surface area contributed by atoms with E-state index in [1.165, 1.54) is 11.1 Å². The molecule has 1 atom stereocenters. The van der Waals surface area contributed by atoms with Crippen molar-refractivity contribution in [1.82, 2.24) is 34.4 Å². The minimum absolute atomic E-state index is 0.543. The molecule has 1 unspecified atom stereocenters. The topological polar surface area (TPSA) is 84.6 Å². The maximum Gasteiger partial charge on any atom is 0.252 e. The lowest BCUT2D eigenvalue weighted by Gasteiger charge is -2.26. The van der Waals surface area contributed by atoms with Gasteiger partial charge < -0.3 is 9.64 Å². The summed E-state index contributed by atoms with van der Waals surface area (Å²) in [5, 5.41) is 4.52. The summed E-state index contributed by atoms with van der Waals surface area (Å²) in [4.78, 5) is 23.4. The zero-order chi connectivity index (χ0) is 25.4. The van der Waals surface area contributed by atoms with Gasteiger partial charge in [-0.15, -0.1) is 0 Å². The fourth-order valence-electron chi connectivity index (χ4n) is 5.53. The molecule has 0 N–H and O–H groups in total. The molecule has 5 heterocycles. The van der Waals surface area contributed by atoms with Crippen LogP contribution in [-0.4, -0.2) is 73.8 Å². The molecule has 2 aliphatic heterocycles. The summed E-state index contributed by atoms with van der Waals surface area (Å²) in [6.07, 6.45) is 5.93. The van der Waals surface area contributed by atoms with Crippen LogP contribution in [0.15, 0.2) is 36.7 Å². The molecule has 2 saturated heterocycles. The molecule has 4 aromatic rings. The van der Waals surface area contributed by atoms with Crippen molar-refractivity contribution in [2.24, 2.45) is 5.92 Å². The van der Waals surface area contributed by atoms with Gasteiger partial charge >= 0.3 is 0 Å². The number of fused-ring (bicyclic) bond motifs is 1.